The Kier molecular flexibility index (Phi) is 2.28. The van der Waals surface area contributed by atoms with Gasteiger partial charge in [-0.15, -0.1) is 0 Å². The first-order valence-electron chi connectivity index (χ1n) is 3.55. The molecule has 0 amide bonds. The Bertz CT molecular complexity index is 326. The number of aryl methyl sites for hydroxylation is 1. The predicted octanol–water partition coefficient (Wildman–Crippen LogP) is 1.66. The van der Waals surface area contributed by atoms with Gasteiger partial charge in [0, 0.05) is 31.9 Å². The highest BCUT2D eigenvalue weighted by Gasteiger charge is 2.02. The zero-order valence-corrected chi connectivity index (χ0v) is 7.02. The summed E-state index contributed by atoms with van der Waals surface area (Å²) in [5.41, 5.74) is 0.987. The lowest BCUT2D eigenvalue weighted by Gasteiger charge is -1.94. The summed E-state index contributed by atoms with van der Waals surface area (Å²) in [6.07, 6.45) is 3.39. The van der Waals surface area contributed by atoms with E-state index in [-0.39, 0.29) is 5.70 Å². The van der Waals surface area contributed by atoms with Crippen LogP contribution in [0.2, 0.25) is 0 Å². The molecule has 0 aliphatic rings. The van der Waals surface area contributed by atoms with Crippen molar-refractivity contribution >= 4 is 6.08 Å². The first-order chi connectivity index (χ1) is 5.61. The van der Waals surface area contributed by atoms with Gasteiger partial charge in [-0.25, -0.2) is 0 Å². The largest absolute Gasteiger partial charge is 0.351 e. The maximum absolute atomic E-state index is 10.3. The Balaban J connectivity index is 2.95. The minimum Gasteiger partial charge on any atom is -0.351 e. The number of nitro groups is 1. The molecule has 0 aromatic carbocycles. The van der Waals surface area contributed by atoms with Gasteiger partial charge in [0.05, 0.1) is 4.92 Å². The van der Waals surface area contributed by atoms with E-state index in [9.17, 15) is 10.1 Å². The van der Waals surface area contributed by atoms with Crippen molar-refractivity contribution in [2.24, 2.45) is 7.05 Å². The third-order valence-electron chi connectivity index (χ3n) is 1.63. The summed E-state index contributed by atoms with van der Waals surface area (Å²) in [5.74, 6) is 0. The van der Waals surface area contributed by atoms with Crippen LogP contribution in [0.25, 0.3) is 6.08 Å². The van der Waals surface area contributed by atoms with Gasteiger partial charge in [0.15, 0.2) is 0 Å². The van der Waals surface area contributed by atoms with E-state index in [1.54, 1.807) is 6.08 Å². The van der Waals surface area contributed by atoms with Crippen molar-refractivity contribution in [3.05, 3.63) is 39.8 Å². The molecule has 1 heterocycles. The fraction of sp³-hybridized carbons (Fsp3) is 0.250. The summed E-state index contributed by atoms with van der Waals surface area (Å²) < 4.78 is 1.83. The van der Waals surface area contributed by atoms with Gasteiger partial charge in [0.25, 0.3) is 0 Å². The van der Waals surface area contributed by atoms with Gasteiger partial charge in [-0.05, 0) is 12.1 Å². The quantitative estimate of drug-likeness (QED) is 0.495. The highest BCUT2D eigenvalue weighted by molar-refractivity contribution is 5.46. The lowest BCUT2D eigenvalue weighted by atomic mass is 10.3. The SMILES string of the molecule is CC(=Cc1cccn1C)[N+](=O)[O-]. The van der Waals surface area contributed by atoms with Crippen LogP contribution in [0, 0.1) is 10.1 Å². The molecule has 1 aromatic heterocycles. The molecule has 1 aromatic rings. The van der Waals surface area contributed by atoms with Crippen molar-refractivity contribution in [3.8, 4) is 0 Å². The van der Waals surface area contributed by atoms with Crippen molar-refractivity contribution < 1.29 is 4.92 Å². The summed E-state index contributed by atoms with van der Waals surface area (Å²) >= 11 is 0. The Morgan fingerprint density at radius 2 is 2.42 bits per heavy atom. The molecule has 4 heteroatoms. The molecule has 0 spiro atoms. The lowest BCUT2D eigenvalue weighted by Crippen LogP contribution is -1.95. The van der Waals surface area contributed by atoms with Gasteiger partial charge >= 0.3 is 0 Å². The predicted molar refractivity (Wildman–Crippen MR) is 46.1 cm³/mol. The number of rotatable bonds is 2. The van der Waals surface area contributed by atoms with Gasteiger partial charge in [-0.1, -0.05) is 0 Å². The molecule has 1 rings (SSSR count). The highest BCUT2D eigenvalue weighted by Crippen LogP contribution is 2.06. The second-order valence-corrected chi connectivity index (χ2v) is 2.59. The molecule has 0 saturated heterocycles. The Morgan fingerprint density at radius 1 is 1.75 bits per heavy atom. The summed E-state index contributed by atoms with van der Waals surface area (Å²) in [4.78, 5) is 9.87. The maximum atomic E-state index is 10.3. The maximum Gasteiger partial charge on any atom is 0.245 e. The van der Waals surface area contributed by atoms with Gasteiger partial charge in [0.2, 0.25) is 5.70 Å². The van der Waals surface area contributed by atoms with E-state index in [2.05, 4.69) is 0 Å². The minimum absolute atomic E-state index is 0.150. The Morgan fingerprint density at radius 3 is 2.83 bits per heavy atom. The fourth-order valence-corrected chi connectivity index (χ4v) is 0.891. The van der Waals surface area contributed by atoms with E-state index in [4.69, 9.17) is 0 Å². The zero-order valence-electron chi connectivity index (χ0n) is 7.02. The van der Waals surface area contributed by atoms with Crippen LogP contribution in [0.3, 0.4) is 0 Å². The van der Waals surface area contributed by atoms with E-state index < -0.39 is 4.92 Å². The average Bonchev–Trinajstić information content (AvgIpc) is 2.36. The van der Waals surface area contributed by atoms with Gasteiger partial charge in [-0.2, -0.15) is 0 Å². The summed E-state index contributed by atoms with van der Waals surface area (Å²) in [7, 11) is 1.85. The molecule has 64 valence electrons. The number of hydrogen-bond acceptors (Lipinski definition) is 2. The molecule has 0 radical (unpaired) electrons. The second-order valence-electron chi connectivity index (χ2n) is 2.59. The summed E-state index contributed by atoms with van der Waals surface area (Å²) in [6, 6.07) is 3.67. The van der Waals surface area contributed by atoms with E-state index >= 15 is 0 Å². The van der Waals surface area contributed by atoms with Crippen molar-refractivity contribution in [3.63, 3.8) is 0 Å². The van der Waals surface area contributed by atoms with Crippen molar-refractivity contribution in [1.82, 2.24) is 4.57 Å². The molecule has 4 nitrogen and oxygen atoms in total. The third kappa shape index (κ3) is 1.72. The van der Waals surface area contributed by atoms with Crippen LogP contribution in [0.15, 0.2) is 24.0 Å². The van der Waals surface area contributed by atoms with Crippen molar-refractivity contribution in [1.29, 1.82) is 0 Å². The molecule has 0 unspecified atom stereocenters. The number of nitrogens with zero attached hydrogens (tertiary/aromatic N) is 2. The molecule has 0 bridgehead atoms. The standard InChI is InChI=1S/C8H10N2O2/c1-7(10(11)12)6-8-4-3-5-9(8)2/h3-6H,1-2H3. The summed E-state index contributed by atoms with van der Waals surface area (Å²) in [6.45, 7) is 1.48. The monoisotopic (exact) mass is 166 g/mol. The summed E-state index contributed by atoms with van der Waals surface area (Å²) in [5, 5.41) is 10.3. The van der Waals surface area contributed by atoms with Crippen LogP contribution in [0.1, 0.15) is 12.6 Å². The molecule has 0 aliphatic carbocycles. The van der Waals surface area contributed by atoms with Crippen LogP contribution in [-0.4, -0.2) is 9.49 Å². The second kappa shape index (κ2) is 3.21. The number of hydrogen-bond donors (Lipinski definition) is 0. The van der Waals surface area contributed by atoms with E-state index in [0.29, 0.717) is 0 Å². The molecular formula is C8H10N2O2. The smallest absolute Gasteiger partial charge is 0.245 e. The van der Waals surface area contributed by atoms with E-state index in [1.165, 1.54) is 6.92 Å². The topological polar surface area (TPSA) is 48.1 Å². The first kappa shape index (κ1) is 8.52. The third-order valence-corrected chi connectivity index (χ3v) is 1.63. The van der Waals surface area contributed by atoms with Gasteiger partial charge < -0.3 is 4.57 Å². The van der Waals surface area contributed by atoms with Gasteiger partial charge in [0.1, 0.15) is 0 Å². The molecule has 0 saturated carbocycles. The average molecular weight is 166 g/mol. The van der Waals surface area contributed by atoms with E-state index in [0.717, 1.165) is 5.69 Å². The molecular weight excluding hydrogens is 156 g/mol. The van der Waals surface area contributed by atoms with Gasteiger partial charge in [-0.3, -0.25) is 10.1 Å². The zero-order chi connectivity index (χ0) is 9.14. The first-order valence-corrected chi connectivity index (χ1v) is 3.55. The van der Waals surface area contributed by atoms with Crippen LogP contribution in [0.5, 0.6) is 0 Å². The molecule has 12 heavy (non-hydrogen) atoms. The molecule has 0 aliphatic heterocycles. The van der Waals surface area contributed by atoms with Crippen molar-refractivity contribution in [2.45, 2.75) is 6.92 Å². The number of allylic oxidation sites excluding steroid dienone is 1. The lowest BCUT2D eigenvalue weighted by molar-refractivity contribution is -0.422. The Labute approximate surface area is 70.3 Å². The molecule has 0 fully saturated rings. The molecule has 0 N–H and O–H groups in total. The minimum atomic E-state index is -0.396. The Hall–Kier alpha value is -1.58. The van der Waals surface area contributed by atoms with Crippen LogP contribution in [-0.2, 0) is 7.05 Å². The van der Waals surface area contributed by atoms with Crippen LogP contribution >= 0.6 is 0 Å². The van der Waals surface area contributed by atoms with Crippen LogP contribution < -0.4 is 0 Å². The normalized spacial score (nSPS) is 11.7. The highest BCUT2D eigenvalue weighted by atomic mass is 16.6. The van der Waals surface area contributed by atoms with Crippen LogP contribution in [0.4, 0.5) is 0 Å². The fourth-order valence-electron chi connectivity index (χ4n) is 0.891. The molecule has 0 atom stereocenters. The van der Waals surface area contributed by atoms with Crippen molar-refractivity contribution in [2.75, 3.05) is 0 Å². The van der Waals surface area contributed by atoms with E-state index in [1.807, 2.05) is 29.9 Å². The number of aromatic nitrogens is 1.